The summed E-state index contributed by atoms with van der Waals surface area (Å²) in [6, 6.07) is 2.93. The van der Waals surface area contributed by atoms with E-state index in [0.29, 0.717) is 27.0 Å². The van der Waals surface area contributed by atoms with E-state index in [1.54, 1.807) is 12.3 Å². The van der Waals surface area contributed by atoms with Gasteiger partial charge in [-0.3, -0.25) is 0 Å². The molecule has 0 radical (unpaired) electrons. The highest BCUT2D eigenvalue weighted by Crippen LogP contribution is 2.42. The monoisotopic (exact) mass is 334 g/mol. The van der Waals surface area contributed by atoms with Gasteiger partial charge in [0.1, 0.15) is 5.82 Å². The summed E-state index contributed by atoms with van der Waals surface area (Å²) >= 11 is 15.9. The van der Waals surface area contributed by atoms with E-state index in [-0.39, 0.29) is 0 Å². The van der Waals surface area contributed by atoms with Crippen molar-refractivity contribution in [3.8, 4) is 0 Å². The Morgan fingerprint density at radius 2 is 1.88 bits per heavy atom. The molecule has 2 atom stereocenters. The Labute approximate surface area is 119 Å². The molecular formula is C12H13BrCl2N2. The third kappa shape index (κ3) is 2.18. The molecule has 0 aliphatic carbocycles. The number of rotatable bonds is 1. The molecular weight excluding hydrogens is 323 g/mol. The number of aromatic nitrogens is 1. The first kappa shape index (κ1) is 12.1. The largest absolute Gasteiger partial charge is 0.349 e. The molecule has 3 rings (SSSR count). The Balaban J connectivity index is 1.94. The highest BCUT2D eigenvalue weighted by molar-refractivity contribution is 9.09. The number of halogens is 3. The lowest BCUT2D eigenvalue weighted by atomic mass is 10.0. The van der Waals surface area contributed by atoms with Crippen LogP contribution in [0.2, 0.25) is 10.0 Å². The quantitative estimate of drug-likeness (QED) is 0.712. The summed E-state index contributed by atoms with van der Waals surface area (Å²) in [5.74, 6) is 0.906. The van der Waals surface area contributed by atoms with E-state index in [1.165, 1.54) is 25.7 Å². The number of hydrogen-bond acceptors (Lipinski definition) is 2. The molecule has 2 fully saturated rings. The van der Waals surface area contributed by atoms with Crippen molar-refractivity contribution >= 4 is 44.9 Å². The van der Waals surface area contributed by atoms with E-state index in [4.69, 9.17) is 23.2 Å². The van der Waals surface area contributed by atoms with Gasteiger partial charge in [-0.15, -0.1) is 0 Å². The van der Waals surface area contributed by atoms with Crippen LogP contribution < -0.4 is 4.90 Å². The van der Waals surface area contributed by atoms with Crippen molar-refractivity contribution in [1.29, 1.82) is 0 Å². The summed E-state index contributed by atoms with van der Waals surface area (Å²) in [7, 11) is 0. The molecule has 0 aromatic carbocycles. The molecule has 2 unspecified atom stereocenters. The van der Waals surface area contributed by atoms with Gasteiger partial charge in [0.25, 0.3) is 0 Å². The standard InChI is InChI=1S/C12H13BrCl2N2/c13-7-3-9-1-2-10(4-7)17(9)12-11(15)5-8(14)6-16-12/h5-7,9-10H,1-4H2. The average Bonchev–Trinajstić information content (AvgIpc) is 2.53. The van der Waals surface area contributed by atoms with Gasteiger partial charge in [-0.1, -0.05) is 39.1 Å². The van der Waals surface area contributed by atoms with E-state index in [9.17, 15) is 0 Å². The van der Waals surface area contributed by atoms with Crippen LogP contribution in [-0.2, 0) is 0 Å². The second-order valence-corrected chi connectivity index (χ2v) is 6.96. The van der Waals surface area contributed by atoms with Gasteiger partial charge in [0, 0.05) is 23.1 Å². The van der Waals surface area contributed by atoms with E-state index in [1.807, 2.05) is 0 Å². The van der Waals surface area contributed by atoms with Crippen molar-refractivity contribution in [3.05, 3.63) is 22.3 Å². The maximum atomic E-state index is 6.26. The normalized spacial score (nSPS) is 31.9. The zero-order valence-corrected chi connectivity index (χ0v) is 12.3. The fourth-order valence-corrected chi connectivity index (χ4v) is 4.39. The van der Waals surface area contributed by atoms with Gasteiger partial charge in [0.15, 0.2) is 0 Å². The second-order valence-electron chi connectivity index (χ2n) is 4.82. The number of piperidine rings is 1. The first-order chi connectivity index (χ1) is 8.15. The minimum Gasteiger partial charge on any atom is -0.349 e. The van der Waals surface area contributed by atoms with Crippen LogP contribution in [0.3, 0.4) is 0 Å². The van der Waals surface area contributed by atoms with Crippen molar-refractivity contribution in [3.63, 3.8) is 0 Å². The molecule has 92 valence electrons. The molecule has 5 heteroatoms. The summed E-state index contributed by atoms with van der Waals surface area (Å²) in [5.41, 5.74) is 0. The van der Waals surface area contributed by atoms with Crippen molar-refractivity contribution in [1.82, 2.24) is 4.98 Å². The Hall–Kier alpha value is 0.01000. The molecule has 2 nitrogen and oxygen atoms in total. The first-order valence-electron chi connectivity index (χ1n) is 5.88. The summed E-state index contributed by atoms with van der Waals surface area (Å²) in [5, 5.41) is 1.27. The van der Waals surface area contributed by atoms with Gasteiger partial charge in [-0.05, 0) is 31.7 Å². The maximum absolute atomic E-state index is 6.26. The predicted octanol–water partition coefficient (Wildman–Crippen LogP) is 4.28. The smallest absolute Gasteiger partial charge is 0.147 e. The molecule has 2 saturated heterocycles. The summed E-state index contributed by atoms with van der Waals surface area (Å²) in [6.45, 7) is 0. The molecule has 2 aliphatic heterocycles. The van der Waals surface area contributed by atoms with E-state index in [0.717, 1.165) is 5.82 Å². The fraction of sp³-hybridized carbons (Fsp3) is 0.583. The summed E-state index contributed by atoms with van der Waals surface area (Å²) in [6.07, 6.45) is 6.53. The third-order valence-electron chi connectivity index (χ3n) is 3.71. The Kier molecular flexibility index (Phi) is 3.26. The van der Waals surface area contributed by atoms with Crippen LogP contribution in [0.4, 0.5) is 5.82 Å². The van der Waals surface area contributed by atoms with Gasteiger partial charge in [-0.2, -0.15) is 0 Å². The van der Waals surface area contributed by atoms with Crippen LogP contribution in [-0.4, -0.2) is 21.9 Å². The van der Waals surface area contributed by atoms with Crippen molar-refractivity contribution in [2.24, 2.45) is 0 Å². The fourth-order valence-electron chi connectivity index (χ4n) is 3.05. The topological polar surface area (TPSA) is 16.1 Å². The van der Waals surface area contributed by atoms with Gasteiger partial charge < -0.3 is 4.90 Å². The lowest BCUT2D eigenvalue weighted by molar-refractivity contribution is 0.479. The number of nitrogens with zero attached hydrogens (tertiary/aromatic N) is 2. The predicted molar refractivity (Wildman–Crippen MR) is 75.5 cm³/mol. The zero-order valence-electron chi connectivity index (χ0n) is 9.24. The Morgan fingerprint density at radius 3 is 2.47 bits per heavy atom. The van der Waals surface area contributed by atoms with Crippen LogP contribution in [0.25, 0.3) is 0 Å². The molecule has 1 aromatic rings. The second kappa shape index (κ2) is 4.60. The number of alkyl halides is 1. The van der Waals surface area contributed by atoms with Crippen molar-refractivity contribution in [2.45, 2.75) is 42.6 Å². The van der Waals surface area contributed by atoms with E-state index >= 15 is 0 Å². The summed E-state index contributed by atoms with van der Waals surface area (Å²) < 4.78 is 0. The minimum atomic E-state index is 0.573. The summed E-state index contributed by atoms with van der Waals surface area (Å²) in [4.78, 5) is 7.45. The van der Waals surface area contributed by atoms with Crippen LogP contribution in [0.15, 0.2) is 12.3 Å². The van der Waals surface area contributed by atoms with E-state index < -0.39 is 0 Å². The van der Waals surface area contributed by atoms with Gasteiger partial charge in [0.2, 0.25) is 0 Å². The van der Waals surface area contributed by atoms with Gasteiger partial charge in [-0.25, -0.2) is 4.98 Å². The lowest BCUT2D eigenvalue weighted by Gasteiger charge is -2.38. The number of hydrogen-bond donors (Lipinski definition) is 0. The average molecular weight is 336 g/mol. The van der Waals surface area contributed by atoms with Gasteiger partial charge >= 0.3 is 0 Å². The molecule has 1 aromatic heterocycles. The third-order valence-corrected chi connectivity index (χ3v) is 4.94. The SMILES string of the molecule is Clc1cnc(N2C3CCC2CC(Br)C3)c(Cl)c1. The maximum Gasteiger partial charge on any atom is 0.147 e. The molecule has 0 amide bonds. The van der Waals surface area contributed by atoms with Gasteiger partial charge in [0.05, 0.1) is 10.0 Å². The first-order valence-corrected chi connectivity index (χ1v) is 7.56. The minimum absolute atomic E-state index is 0.573. The number of fused-ring (bicyclic) bond motifs is 2. The number of pyridine rings is 1. The molecule has 17 heavy (non-hydrogen) atoms. The highest BCUT2D eigenvalue weighted by Gasteiger charge is 2.41. The molecule has 0 saturated carbocycles. The molecule has 3 heterocycles. The molecule has 2 aliphatic rings. The zero-order chi connectivity index (χ0) is 12.0. The van der Waals surface area contributed by atoms with Crippen LogP contribution in [0.1, 0.15) is 25.7 Å². The van der Waals surface area contributed by atoms with E-state index in [2.05, 4.69) is 25.8 Å². The number of anilines is 1. The lowest BCUT2D eigenvalue weighted by Crippen LogP contribution is -2.43. The van der Waals surface area contributed by atoms with Crippen LogP contribution >= 0.6 is 39.1 Å². The van der Waals surface area contributed by atoms with Crippen LogP contribution in [0.5, 0.6) is 0 Å². The Bertz CT molecular complexity index is 427. The highest BCUT2D eigenvalue weighted by atomic mass is 79.9. The van der Waals surface area contributed by atoms with Crippen molar-refractivity contribution in [2.75, 3.05) is 4.90 Å². The van der Waals surface area contributed by atoms with Crippen LogP contribution in [0, 0.1) is 0 Å². The Morgan fingerprint density at radius 1 is 1.24 bits per heavy atom. The molecule has 0 N–H and O–H groups in total. The van der Waals surface area contributed by atoms with Crippen molar-refractivity contribution < 1.29 is 0 Å². The molecule has 2 bridgehead atoms. The molecule has 0 spiro atoms.